The van der Waals surface area contributed by atoms with Gasteiger partial charge in [-0.05, 0) is 68.2 Å². The number of carbonyl (C=O) groups excluding carboxylic acids is 4. The molecule has 0 spiro atoms. The number of carboxylic acid groups (broad SMARTS) is 2. The van der Waals surface area contributed by atoms with Crippen molar-refractivity contribution in [3.63, 3.8) is 0 Å². The van der Waals surface area contributed by atoms with Crippen molar-refractivity contribution in [2.24, 2.45) is 0 Å². The standard InChI is InChI=1S/C9H16O4.4C5H8O2.2Ru/c10-8(11)6-4-2-1-3-5-7-9(12)13;4*1-4(6)3-5(2)7;;/h1-7H2,(H,10,11)(H,12,13);4*3,6H,1-2H3;;/b;4*4-3-;;. The van der Waals surface area contributed by atoms with E-state index in [1.54, 1.807) is 0 Å². The van der Waals surface area contributed by atoms with Crippen LogP contribution in [-0.4, -0.2) is 65.7 Å². The van der Waals surface area contributed by atoms with Gasteiger partial charge in [-0.1, -0.05) is 19.3 Å². The predicted octanol–water partition coefficient (Wildman–Crippen LogP) is 6.03. The average molecular weight is 791 g/mol. The number of aliphatic hydroxyl groups excluding tert-OH is 4. The van der Waals surface area contributed by atoms with Crippen LogP contribution in [-0.2, 0) is 67.7 Å². The van der Waals surface area contributed by atoms with E-state index in [-0.39, 0.29) is 98.0 Å². The van der Waals surface area contributed by atoms with Crippen LogP contribution >= 0.6 is 0 Å². The van der Waals surface area contributed by atoms with E-state index in [0.717, 1.165) is 19.3 Å². The molecule has 0 bridgehead atoms. The number of aliphatic hydroxyl groups is 4. The number of allylic oxidation sites excluding steroid dienone is 8. The van der Waals surface area contributed by atoms with Crippen LogP contribution in [0.1, 0.15) is 100 Å². The van der Waals surface area contributed by atoms with Crippen molar-refractivity contribution >= 4 is 35.1 Å². The van der Waals surface area contributed by atoms with Gasteiger partial charge in [0.25, 0.3) is 0 Å². The van der Waals surface area contributed by atoms with Crippen molar-refractivity contribution in [3.05, 3.63) is 47.3 Å². The minimum atomic E-state index is -0.759. The van der Waals surface area contributed by atoms with E-state index in [1.165, 1.54) is 79.7 Å². The molecule has 0 fully saturated rings. The summed E-state index contributed by atoms with van der Waals surface area (Å²) in [5.74, 6) is -1.77. The van der Waals surface area contributed by atoms with Crippen LogP contribution < -0.4 is 0 Å². The molecule has 0 amide bonds. The number of ketones is 4. The molecule has 0 saturated carbocycles. The van der Waals surface area contributed by atoms with Crippen LogP contribution in [0.15, 0.2) is 47.3 Å². The molecule has 0 aromatic heterocycles. The topological polar surface area (TPSA) is 224 Å². The Morgan fingerprint density at radius 2 is 0.535 bits per heavy atom. The second-order valence-electron chi connectivity index (χ2n) is 8.64. The molecule has 6 N–H and O–H groups in total. The third-order valence-electron chi connectivity index (χ3n) is 3.43. The summed E-state index contributed by atoms with van der Waals surface area (Å²) in [6, 6.07) is 0. The van der Waals surface area contributed by atoms with Crippen LogP contribution in [0.25, 0.3) is 0 Å². The molecule has 0 saturated heterocycles. The zero-order valence-corrected chi connectivity index (χ0v) is 29.6. The van der Waals surface area contributed by atoms with Crippen LogP contribution in [0.3, 0.4) is 0 Å². The van der Waals surface area contributed by atoms with E-state index in [0.29, 0.717) is 12.8 Å². The van der Waals surface area contributed by atoms with E-state index in [1.807, 2.05) is 0 Å². The molecular weight excluding hydrogens is 742 g/mol. The average Bonchev–Trinajstić information content (AvgIpc) is 2.70. The molecule has 12 nitrogen and oxygen atoms in total. The van der Waals surface area contributed by atoms with Crippen molar-refractivity contribution in [2.75, 3.05) is 0 Å². The molecule has 0 aliphatic rings. The molecule has 0 aromatic carbocycles. The maximum absolute atomic E-state index is 10.1. The SMILES string of the molecule is CC(=O)/C=C(/C)O.CC(=O)/C=C(/C)O.CC(=O)/C=C(/C)O.CC(=O)/C=C(/C)O.O=C(O)CCCCCCCC(=O)O.[Ru].[Ru]. The van der Waals surface area contributed by atoms with Gasteiger partial charge in [-0.15, -0.1) is 0 Å². The third kappa shape index (κ3) is 101. The maximum atomic E-state index is 10.1. The Kier molecular flexibility index (Phi) is 50.7. The quantitative estimate of drug-likeness (QED) is 0.0577. The summed E-state index contributed by atoms with van der Waals surface area (Å²) in [5, 5.41) is 50.1. The zero-order valence-electron chi connectivity index (χ0n) is 26.1. The number of carboxylic acids is 2. The van der Waals surface area contributed by atoms with Crippen molar-refractivity contribution in [1.29, 1.82) is 0 Å². The van der Waals surface area contributed by atoms with Gasteiger partial charge in [0.05, 0.1) is 23.0 Å². The van der Waals surface area contributed by atoms with E-state index >= 15 is 0 Å². The molecule has 0 radical (unpaired) electrons. The van der Waals surface area contributed by atoms with Gasteiger partial charge >= 0.3 is 11.9 Å². The normalized spacial score (nSPS) is 10.4. The van der Waals surface area contributed by atoms with Crippen molar-refractivity contribution in [1.82, 2.24) is 0 Å². The summed E-state index contributed by atoms with van der Waals surface area (Å²) in [7, 11) is 0. The molecular formula is C29H48O12Ru2. The molecule has 0 aliphatic carbocycles. The Hall–Kier alpha value is -2.97. The first-order chi connectivity index (χ1) is 18.6. The summed E-state index contributed by atoms with van der Waals surface area (Å²) in [6.45, 7) is 11.4. The van der Waals surface area contributed by atoms with Gasteiger partial charge in [-0.2, -0.15) is 0 Å². The predicted molar refractivity (Wildman–Crippen MR) is 156 cm³/mol. The van der Waals surface area contributed by atoms with E-state index < -0.39 is 11.9 Å². The molecule has 0 aliphatic heterocycles. The van der Waals surface area contributed by atoms with Gasteiger partial charge in [-0.3, -0.25) is 28.8 Å². The molecule has 0 rings (SSSR count). The number of hydrogen-bond acceptors (Lipinski definition) is 10. The summed E-state index contributed by atoms with van der Waals surface area (Å²) in [5.41, 5.74) is 0. The summed E-state index contributed by atoms with van der Waals surface area (Å²) in [6.07, 6.45) is 9.20. The van der Waals surface area contributed by atoms with E-state index in [9.17, 15) is 28.8 Å². The summed E-state index contributed by atoms with van der Waals surface area (Å²) < 4.78 is 0. The van der Waals surface area contributed by atoms with Gasteiger partial charge in [0.15, 0.2) is 23.1 Å². The Morgan fingerprint density at radius 1 is 0.372 bits per heavy atom. The largest absolute Gasteiger partial charge is 0.512 e. The number of unbranched alkanes of at least 4 members (excludes halogenated alkanes) is 4. The van der Waals surface area contributed by atoms with E-state index in [2.05, 4.69) is 0 Å². The van der Waals surface area contributed by atoms with Gasteiger partial charge in [0, 0.05) is 76.1 Å². The van der Waals surface area contributed by atoms with Crippen LogP contribution in [0.5, 0.6) is 0 Å². The number of carbonyl (C=O) groups is 6. The minimum Gasteiger partial charge on any atom is -0.512 e. The van der Waals surface area contributed by atoms with Gasteiger partial charge in [0.2, 0.25) is 0 Å². The second kappa shape index (κ2) is 39.0. The Labute approximate surface area is 280 Å². The first kappa shape index (κ1) is 55.9. The summed E-state index contributed by atoms with van der Waals surface area (Å²) in [4.78, 5) is 60.3. The van der Waals surface area contributed by atoms with Gasteiger partial charge in [0.1, 0.15) is 0 Å². The van der Waals surface area contributed by atoms with Crippen LogP contribution in [0.2, 0.25) is 0 Å². The Bertz CT molecular complexity index is 788. The molecule has 14 heteroatoms. The molecule has 0 aromatic rings. The monoisotopic (exact) mass is 792 g/mol. The fourth-order valence-corrected chi connectivity index (χ4v) is 2.26. The molecule has 0 atom stereocenters. The zero-order chi connectivity index (χ0) is 33.6. The van der Waals surface area contributed by atoms with Crippen molar-refractivity contribution in [2.45, 2.75) is 100 Å². The van der Waals surface area contributed by atoms with E-state index in [4.69, 9.17) is 30.6 Å². The Balaban J connectivity index is -0.0000000768. The van der Waals surface area contributed by atoms with Crippen molar-refractivity contribution < 1.29 is 98.4 Å². The van der Waals surface area contributed by atoms with Crippen molar-refractivity contribution in [3.8, 4) is 0 Å². The van der Waals surface area contributed by atoms with Gasteiger partial charge in [-0.25, -0.2) is 0 Å². The third-order valence-corrected chi connectivity index (χ3v) is 3.43. The molecule has 0 heterocycles. The number of rotatable bonds is 12. The minimum absolute atomic E-state index is 0. The van der Waals surface area contributed by atoms with Crippen LogP contribution in [0, 0.1) is 0 Å². The molecule has 0 unspecified atom stereocenters. The summed E-state index contributed by atoms with van der Waals surface area (Å²) >= 11 is 0. The number of aliphatic carboxylic acids is 2. The number of hydrogen-bond donors (Lipinski definition) is 6. The first-order valence-corrected chi connectivity index (χ1v) is 12.6. The second-order valence-corrected chi connectivity index (χ2v) is 8.64. The molecule has 43 heavy (non-hydrogen) atoms. The maximum Gasteiger partial charge on any atom is 0.303 e. The van der Waals surface area contributed by atoms with Gasteiger partial charge < -0.3 is 30.6 Å². The first-order valence-electron chi connectivity index (χ1n) is 12.6. The smallest absolute Gasteiger partial charge is 0.303 e. The Morgan fingerprint density at radius 3 is 0.628 bits per heavy atom. The fourth-order valence-electron chi connectivity index (χ4n) is 2.26. The molecule has 252 valence electrons. The fraction of sp³-hybridized carbons (Fsp3) is 0.517. The van der Waals surface area contributed by atoms with Crippen LogP contribution in [0.4, 0.5) is 0 Å².